The minimum atomic E-state index is -1.22. The Balaban J connectivity index is 1.81. The Morgan fingerprint density at radius 1 is 1.39 bits per heavy atom. The highest BCUT2D eigenvalue weighted by Gasteiger charge is 2.31. The predicted molar refractivity (Wildman–Crippen MR) is 103 cm³/mol. The number of hydrogen-bond acceptors (Lipinski definition) is 4. The van der Waals surface area contributed by atoms with Crippen LogP contribution in [0.3, 0.4) is 0 Å². The van der Waals surface area contributed by atoms with Gasteiger partial charge in [0.2, 0.25) is 0 Å². The van der Waals surface area contributed by atoms with Crippen LogP contribution >= 0.6 is 0 Å². The summed E-state index contributed by atoms with van der Waals surface area (Å²) in [6, 6.07) is 4.35. The van der Waals surface area contributed by atoms with Crippen molar-refractivity contribution in [2.75, 3.05) is 18.4 Å². The van der Waals surface area contributed by atoms with Gasteiger partial charge < -0.3 is 20.7 Å². The topological polar surface area (TPSA) is 94.2 Å². The van der Waals surface area contributed by atoms with Crippen molar-refractivity contribution < 1.29 is 19.1 Å². The van der Waals surface area contributed by atoms with E-state index < -0.39 is 11.4 Å². The van der Waals surface area contributed by atoms with Crippen LogP contribution in [0.1, 0.15) is 40.5 Å². The average Bonchev–Trinajstić information content (AvgIpc) is 3.36. The van der Waals surface area contributed by atoms with Gasteiger partial charge in [-0.2, -0.15) is 0 Å². The second-order valence-electron chi connectivity index (χ2n) is 6.97. The third kappa shape index (κ3) is 3.24. The van der Waals surface area contributed by atoms with E-state index >= 15 is 0 Å². The summed E-state index contributed by atoms with van der Waals surface area (Å²) in [6.45, 7) is 2.40. The van der Waals surface area contributed by atoms with Crippen LogP contribution in [0.4, 0.5) is 10.1 Å². The van der Waals surface area contributed by atoms with Gasteiger partial charge in [0.05, 0.1) is 16.8 Å². The minimum absolute atomic E-state index is 0.0563. The van der Waals surface area contributed by atoms with Gasteiger partial charge >= 0.3 is 0 Å². The number of ketones is 1. The van der Waals surface area contributed by atoms with E-state index in [1.54, 1.807) is 18.3 Å². The maximum absolute atomic E-state index is 14.6. The molecule has 1 aromatic carbocycles. The van der Waals surface area contributed by atoms with E-state index in [1.807, 2.05) is 0 Å². The molecule has 6 nitrogen and oxygen atoms in total. The third-order valence-corrected chi connectivity index (χ3v) is 4.88. The quantitative estimate of drug-likeness (QED) is 0.364. The molecule has 1 amide bonds. The molecule has 28 heavy (non-hydrogen) atoms. The van der Waals surface area contributed by atoms with E-state index in [4.69, 9.17) is 0 Å². The number of nitrogens with one attached hydrogen (secondary N) is 3. The highest BCUT2D eigenvalue weighted by Crippen LogP contribution is 2.36. The minimum Gasteiger partial charge on any atom is -0.376 e. The Kier molecular flexibility index (Phi) is 4.38. The molecular formula is C21H18FN3O3. The number of H-pyrrole nitrogens is 1. The number of aliphatic hydroxyl groups is 1. The Morgan fingerprint density at radius 2 is 2.21 bits per heavy atom. The number of benzene rings is 1. The lowest BCUT2D eigenvalue weighted by Gasteiger charge is -2.12. The molecule has 0 radical (unpaired) electrons. The number of aromatic nitrogens is 1. The highest BCUT2D eigenvalue weighted by atomic mass is 19.1. The number of fused-ring (bicyclic) bond motifs is 1. The van der Waals surface area contributed by atoms with Gasteiger partial charge in [-0.15, -0.1) is 0 Å². The van der Waals surface area contributed by atoms with Crippen molar-refractivity contribution in [3.63, 3.8) is 0 Å². The molecule has 2 aliphatic rings. The van der Waals surface area contributed by atoms with Crippen LogP contribution in [-0.4, -0.2) is 40.5 Å². The van der Waals surface area contributed by atoms with Crippen molar-refractivity contribution in [3.8, 4) is 11.8 Å². The van der Waals surface area contributed by atoms with Gasteiger partial charge in [-0.25, -0.2) is 4.39 Å². The zero-order valence-corrected chi connectivity index (χ0v) is 15.1. The Labute approximate surface area is 160 Å². The van der Waals surface area contributed by atoms with Gasteiger partial charge in [0, 0.05) is 36.0 Å². The molecule has 1 fully saturated rings. The number of β-amino-alcohol motifs (C(OH)–C–C–N with tert-alkyl or cyclic N) is 1. The summed E-state index contributed by atoms with van der Waals surface area (Å²) < 4.78 is 14.6. The molecule has 1 unspecified atom stereocenters. The van der Waals surface area contributed by atoms with E-state index in [0.29, 0.717) is 42.0 Å². The number of carbonyl (C=O) groups excluding carboxylic acids is 2. The second-order valence-corrected chi connectivity index (χ2v) is 6.97. The first kappa shape index (κ1) is 18.2. The van der Waals surface area contributed by atoms with Crippen LogP contribution in [0.15, 0.2) is 24.4 Å². The first-order valence-electron chi connectivity index (χ1n) is 8.88. The summed E-state index contributed by atoms with van der Waals surface area (Å²) >= 11 is 0. The van der Waals surface area contributed by atoms with Crippen molar-refractivity contribution >= 4 is 29.0 Å². The molecule has 1 saturated heterocycles. The number of rotatable bonds is 2. The summed E-state index contributed by atoms with van der Waals surface area (Å²) in [5.74, 6) is 4.43. The molecule has 3 heterocycles. The summed E-state index contributed by atoms with van der Waals surface area (Å²) in [5, 5.41) is 16.1. The Bertz CT molecular complexity index is 1080. The second kappa shape index (κ2) is 6.75. The fraction of sp³-hybridized carbons (Fsp3) is 0.238. The lowest BCUT2D eigenvalue weighted by Crippen LogP contribution is -2.29. The van der Waals surface area contributed by atoms with E-state index in [1.165, 1.54) is 19.1 Å². The van der Waals surface area contributed by atoms with Crippen molar-refractivity contribution in [2.45, 2.75) is 18.9 Å². The molecule has 4 rings (SSSR count). The third-order valence-electron chi connectivity index (χ3n) is 4.88. The fourth-order valence-electron chi connectivity index (χ4n) is 3.34. The molecule has 142 valence electrons. The number of halogens is 1. The van der Waals surface area contributed by atoms with Crippen LogP contribution in [0.2, 0.25) is 0 Å². The largest absolute Gasteiger partial charge is 0.376 e. The highest BCUT2D eigenvalue weighted by molar-refractivity contribution is 6.35. The van der Waals surface area contributed by atoms with Crippen molar-refractivity contribution in [2.24, 2.45) is 0 Å². The summed E-state index contributed by atoms with van der Waals surface area (Å²) in [6.07, 6.45) is 3.56. The van der Waals surface area contributed by atoms with E-state index in [-0.39, 0.29) is 22.8 Å². The standard InChI is InChI=1S/C21H18FN3O3/c1-12(26)13-8-14(24-10-13)9-16-19-15(4-5-21(28)6-7-23-11-21)17(22)2-3-18(19)25-20(16)27/h2-3,8-10,23-24,28H,6-7,11H2,1H3,(H,25,27)/b16-9-. The number of amides is 1. The maximum Gasteiger partial charge on any atom is 0.256 e. The van der Waals surface area contributed by atoms with Crippen LogP contribution in [0.5, 0.6) is 0 Å². The molecule has 0 bridgehead atoms. The van der Waals surface area contributed by atoms with Crippen molar-refractivity contribution in [1.29, 1.82) is 0 Å². The molecule has 0 aliphatic carbocycles. The van der Waals surface area contributed by atoms with Crippen LogP contribution in [-0.2, 0) is 4.79 Å². The number of carbonyl (C=O) groups is 2. The normalized spacial score (nSPS) is 22.0. The summed E-state index contributed by atoms with van der Waals surface area (Å²) in [7, 11) is 0. The van der Waals surface area contributed by atoms with Crippen LogP contribution < -0.4 is 10.6 Å². The molecule has 0 spiro atoms. The summed E-state index contributed by atoms with van der Waals surface area (Å²) in [5.41, 5.74) is 0.923. The molecule has 0 saturated carbocycles. The molecule has 1 atom stereocenters. The molecule has 7 heteroatoms. The zero-order chi connectivity index (χ0) is 19.9. The van der Waals surface area contributed by atoms with Gasteiger partial charge in [-0.3, -0.25) is 9.59 Å². The SMILES string of the molecule is CC(=O)c1c[nH]c(/C=C2\C(=O)Nc3ccc(F)c(C#CC4(O)CCNC4)c32)c1. The van der Waals surface area contributed by atoms with E-state index in [0.717, 1.165) is 0 Å². The fourth-order valence-corrected chi connectivity index (χ4v) is 3.34. The monoisotopic (exact) mass is 379 g/mol. The van der Waals surface area contributed by atoms with Crippen LogP contribution in [0.25, 0.3) is 11.6 Å². The van der Waals surface area contributed by atoms with Crippen molar-refractivity contribution in [3.05, 3.63) is 52.6 Å². The van der Waals surface area contributed by atoms with E-state index in [9.17, 15) is 19.1 Å². The van der Waals surface area contributed by atoms with Gasteiger partial charge in [-0.1, -0.05) is 11.8 Å². The predicted octanol–water partition coefficient (Wildman–Crippen LogP) is 1.92. The lowest BCUT2D eigenvalue weighted by molar-refractivity contribution is -0.110. The first-order valence-corrected chi connectivity index (χ1v) is 8.88. The van der Waals surface area contributed by atoms with Gasteiger partial charge in [0.15, 0.2) is 5.78 Å². The summed E-state index contributed by atoms with van der Waals surface area (Å²) in [4.78, 5) is 26.9. The van der Waals surface area contributed by atoms with Crippen LogP contribution in [0, 0.1) is 17.7 Å². The number of Topliss-reactive ketones (excluding diaryl/α,β-unsaturated/α-hetero) is 1. The maximum atomic E-state index is 14.6. The first-order chi connectivity index (χ1) is 13.4. The zero-order valence-electron chi connectivity index (χ0n) is 15.1. The lowest BCUT2D eigenvalue weighted by atomic mass is 9.97. The molecule has 2 aromatic rings. The number of hydrogen-bond donors (Lipinski definition) is 4. The molecule has 2 aliphatic heterocycles. The molecule has 1 aromatic heterocycles. The van der Waals surface area contributed by atoms with E-state index in [2.05, 4.69) is 27.5 Å². The number of aromatic amines is 1. The molecule has 4 N–H and O–H groups in total. The van der Waals surface area contributed by atoms with Gasteiger partial charge in [-0.05, 0) is 37.7 Å². The Hall–Kier alpha value is -3.21. The van der Waals surface area contributed by atoms with Gasteiger partial charge in [0.1, 0.15) is 11.4 Å². The smallest absolute Gasteiger partial charge is 0.256 e. The van der Waals surface area contributed by atoms with Gasteiger partial charge in [0.25, 0.3) is 5.91 Å². The number of anilines is 1. The van der Waals surface area contributed by atoms with Crippen molar-refractivity contribution in [1.82, 2.24) is 10.3 Å². The average molecular weight is 379 g/mol. The Morgan fingerprint density at radius 3 is 2.89 bits per heavy atom. The molecular weight excluding hydrogens is 361 g/mol.